The van der Waals surface area contributed by atoms with Gasteiger partial charge in [-0.05, 0) is 31.4 Å². The van der Waals surface area contributed by atoms with E-state index in [-0.39, 0.29) is 0 Å². The highest BCUT2D eigenvalue weighted by molar-refractivity contribution is 5.57. The van der Waals surface area contributed by atoms with Gasteiger partial charge >= 0.3 is 0 Å². The van der Waals surface area contributed by atoms with Crippen LogP contribution in [-0.4, -0.2) is 40.1 Å². The van der Waals surface area contributed by atoms with Crippen molar-refractivity contribution in [2.45, 2.75) is 19.3 Å². The molecule has 3 rings (SSSR count). The zero-order valence-electron chi connectivity index (χ0n) is 11.6. The molecule has 1 aliphatic heterocycles. The van der Waals surface area contributed by atoms with Crippen LogP contribution in [0.3, 0.4) is 0 Å². The van der Waals surface area contributed by atoms with E-state index in [1.54, 1.807) is 12.4 Å². The summed E-state index contributed by atoms with van der Waals surface area (Å²) < 4.78 is 0. The lowest BCUT2D eigenvalue weighted by atomic mass is 10.1. The van der Waals surface area contributed by atoms with Gasteiger partial charge in [0.25, 0.3) is 0 Å². The largest absolute Gasteiger partial charge is 0.357 e. The Balaban J connectivity index is 1.98. The van der Waals surface area contributed by atoms with Crippen LogP contribution in [0.5, 0.6) is 0 Å². The first-order chi connectivity index (χ1) is 9.86. The van der Waals surface area contributed by atoms with Crippen molar-refractivity contribution in [1.29, 1.82) is 0 Å². The molecular formula is C14H18N6. The lowest BCUT2D eigenvalue weighted by Crippen LogP contribution is -2.31. The number of rotatable bonds is 3. The molecule has 6 nitrogen and oxygen atoms in total. The van der Waals surface area contributed by atoms with Gasteiger partial charge in [0, 0.05) is 38.1 Å². The van der Waals surface area contributed by atoms with E-state index in [1.165, 1.54) is 19.3 Å². The quantitative estimate of drug-likeness (QED) is 0.919. The van der Waals surface area contributed by atoms with Gasteiger partial charge in [0.2, 0.25) is 11.9 Å². The van der Waals surface area contributed by atoms with E-state index in [2.05, 4.69) is 30.2 Å². The number of nitrogens with zero attached hydrogens (tertiary/aromatic N) is 5. The van der Waals surface area contributed by atoms with Crippen molar-refractivity contribution >= 4 is 11.9 Å². The zero-order chi connectivity index (χ0) is 13.8. The Morgan fingerprint density at radius 1 is 1.00 bits per heavy atom. The zero-order valence-corrected chi connectivity index (χ0v) is 11.6. The fourth-order valence-electron chi connectivity index (χ4n) is 2.34. The maximum atomic E-state index is 4.61. The molecule has 0 radical (unpaired) electrons. The van der Waals surface area contributed by atoms with Crippen molar-refractivity contribution in [1.82, 2.24) is 19.9 Å². The van der Waals surface area contributed by atoms with Gasteiger partial charge < -0.3 is 10.2 Å². The highest BCUT2D eigenvalue weighted by Gasteiger charge is 2.16. The van der Waals surface area contributed by atoms with Crippen LogP contribution in [0.2, 0.25) is 0 Å². The van der Waals surface area contributed by atoms with Crippen LogP contribution in [0.4, 0.5) is 11.9 Å². The molecule has 0 spiro atoms. The van der Waals surface area contributed by atoms with Crippen molar-refractivity contribution in [3.8, 4) is 11.4 Å². The summed E-state index contributed by atoms with van der Waals surface area (Å²) in [6, 6.07) is 3.82. The normalized spacial score (nSPS) is 15.2. The molecule has 0 unspecified atom stereocenters. The first-order valence-electron chi connectivity index (χ1n) is 6.96. The Morgan fingerprint density at radius 2 is 1.75 bits per heavy atom. The molecular weight excluding hydrogens is 252 g/mol. The number of nitrogens with one attached hydrogen (secondary N) is 1. The molecule has 0 aromatic carbocycles. The van der Waals surface area contributed by atoms with Crippen LogP contribution in [0, 0.1) is 0 Å². The molecule has 6 heteroatoms. The van der Waals surface area contributed by atoms with Crippen LogP contribution < -0.4 is 10.2 Å². The minimum Gasteiger partial charge on any atom is -0.357 e. The third-order valence-electron chi connectivity index (χ3n) is 3.42. The van der Waals surface area contributed by atoms with E-state index >= 15 is 0 Å². The van der Waals surface area contributed by atoms with Gasteiger partial charge in [-0.15, -0.1) is 0 Å². The molecule has 2 aromatic rings. The summed E-state index contributed by atoms with van der Waals surface area (Å²) in [5.41, 5.74) is 0.956. The van der Waals surface area contributed by atoms with Gasteiger partial charge in [-0.3, -0.25) is 4.98 Å². The second kappa shape index (κ2) is 5.81. The van der Waals surface area contributed by atoms with E-state index in [0.29, 0.717) is 11.8 Å². The summed E-state index contributed by atoms with van der Waals surface area (Å²) in [7, 11) is 1.83. The van der Waals surface area contributed by atoms with Gasteiger partial charge in [0.1, 0.15) is 0 Å². The second-order valence-electron chi connectivity index (χ2n) is 4.82. The fourth-order valence-corrected chi connectivity index (χ4v) is 2.34. The summed E-state index contributed by atoms with van der Waals surface area (Å²) in [5, 5.41) is 3.01. The van der Waals surface area contributed by atoms with Crippen molar-refractivity contribution in [2.24, 2.45) is 0 Å². The fraction of sp³-hybridized carbons (Fsp3) is 0.429. The number of hydrogen-bond acceptors (Lipinski definition) is 6. The molecule has 0 aliphatic carbocycles. The van der Waals surface area contributed by atoms with E-state index < -0.39 is 0 Å². The monoisotopic (exact) mass is 270 g/mol. The van der Waals surface area contributed by atoms with E-state index in [0.717, 1.165) is 24.6 Å². The van der Waals surface area contributed by atoms with Gasteiger partial charge in [0.15, 0.2) is 5.82 Å². The summed E-state index contributed by atoms with van der Waals surface area (Å²) in [4.78, 5) is 19.8. The van der Waals surface area contributed by atoms with Crippen molar-refractivity contribution < 1.29 is 0 Å². The first kappa shape index (κ1) is 12.8. The maximum absolute atomic E-state index is 4.61. The van der Waals surface area contributed by atoms with Crippen LogP contribution in [0.1, 0.15) is 19.3 Å². The molecule has 2 aromatic heterocycles. The van der Waals surface area contributed by atoms with Gasteiger partial charge in [-0.2, -0.15) is 15.0 Å². The summed E-state index contributed by atoms with van der Waals surface area (Å²) >= 11 is 0. The topological polar surface area (TPSA) is 66.8 Å². The minimum atomic E-state index is 0.604. The third-order valence-corrected chi connectivity index (χ3v) is 3.42. The lowest BCUT2D eigenvalue weighted by molar-refractivity contribution is 0.568. The summed E-state index contributed by atoms with van der Waals surface area (Å²) in [5.74, 6) is 2.05. The number of pyridine rings is 1. The van der Waals surface area contributed by atoms with Crippen LogP contribution in [-0.2, 0) is 0 Å². The summed E-state index contributed by atoms with van der Waals surface area (Å²) in [6.07, 6.45) is 7.19. The predicted molar refractivity (Wildman–Crippen MR) is 78.7 cm³/mol. The number of hydrogen-bond donors (Lipinski definition) is 1. The smallest absolute Gasteiger partial charge is 0.230 e. The third kappa shape index (κ3) is 2.68. The van der Waals surface area contributed by atoms with Crippen LogP contribution in [0.15, 0.2) is 24.5 Å². The van der Waals surface area contributed by atoms with Crippen molar-refractivity contribution in [2.75, 3.05) is 30.4 Å². The van der Waals surface area contributed by atoms with Crippen molar-refractivity contribution in [3.05, 3.63) is 24.5 Å². The molecule has 1 aliphatic rings. The first-order valence-corrected chi connectivity index (χ1v) is 6.96. The molecule has 20 heavy (non-hydrogen) atoms. The molecule has 3 heterocycles. The summed E-state index contributed by atoms with van der Waals surface area (Å²) in [6.45, 7) is 2.03. The molecule has 0 atom stereocenters. The number of aromatic nitrogens is 4. The Hall–Kier alpha value is -2.24. The van der Waals surface area contributed by atoms with Crippen LogP contribution >= 0.6 is 0 Å². The van der Waals surface area contributed by atoms with Crippen molar-refractivity contribution in [3.63, 3.8) is 0 Å². The Bertz CT molecular complexity index is 565. The molecule has 1 saturated heterocycles. The minimum absolute atomic E-state index is 0.604. The number of piperidine rings is 1. The van der Waals surface area contributed by atoms with E-state index in [9.17, 15) is 0 Å². The average Bonchev–Trinajstić information content (AvgIpc) is 2.56. The maximum Gasteiger partial charge on any atom is 0.230 e. The Labute approximate surface area is 118 Å². The molecule has 0 bridgehead atoms. The van der Waals surface area contributed by atoms with Gasteiger partial charge in [-0.25, -0.2) is 0 Å². The Morgan fingerprint density at radius 3 is 2.45 bits per heavy atom. The second-order valence-corrected chi connectivity index (χ2v) is 4.82. The van der Waals surface area contributed by atoms with E-state index in [1.807, 2.05) is 19.2 Å². The highest BCUT2D eigenvalue weighted by Crippen LogP contribution is 2.21. The number of anilines is 2. The molecule has 1 N–H and O–H groups in total. The van der Waals surface area contributed by atoms with Gasteiger partial charge in [-0.1, -0.05) is 0 Å². The standard InChI is InChI=1S/C14H18N6/c1-15-13-17-12(11-5-7-16-8-6-11)18-14(19-13)20-9-3-2-4-10-20/h5-8H,2-4,9-10H2,1H3,(H,15,17,18,19). The highest BCUT2D eigenvalue weighted by atomic mass is 15.3. The van der Waals surface area contributed by atoms with Crippen LogP contribution in [0.25, 0.3) is 11.4 Å². The van der Waals surface area contributed by atoms with Gasteiger partial charge in [0.05, 0.1) is 0 Å². The molecule has 1 fully saturated rings. The predicted octanol–water partition coefficient (Wildman–Crippen LogP) is 1.97. The molecule has 104 valence electrons. The average molecular weight is 270 g/mol. The Kier molecular flexibility index (Phi) is 3.71. The van der Waals surface area contributed by atoms with E-state index in [4.69, 9.17) is 0 Å². The SMILES string of the molecule is CNc1nc(-c2ccncc2)nc(N2CCCCC2)n1. The molecule has 0 amide bonds. The molecule has 0 saturated carbocycles. The lowest BCUT2D eigenvalue weighted by Gasteiger charge is -2.26.